The second-order valence-electron chi connectivity index (χ2n) is 5.13. The number of halogens is 1. The van der Waals surface area contributed by atoms with Crippen molar-refractivity contribution >= 4 is 11.9 Å². The van der Waals surface area contributed by atoms with Crippen LogP contribution in [0.25, 0.3) is 0 Å². The molecule has 1 amide bonds. The summed E-state index contributed by atoms with van der Waals surface area (Å²) in [5.74, 6) is -1.39. The van der Waals surface area contributed by atoms with E-state index in [9.17, 15) is 14.0 Å². The Morgan fingerprint density at radius 1 is 1.14 bits per heavy atom. The first kappa shape index (κ1) is 17.1. The lowest BCUT2D eigenvalue weighted by Gasteiger charge is -2.06. The third-order valence-electron chi connectivity index (χ3n) is 3.29. The van der Waals surface area contributed by atoms with Crippen molar-refractivity contribution in [3.05, 3.63) is 35.1 Å². The molecule has 0 saturated carbocycles. The standard InChI is InChI=1S/C16H22FNO3/c1-12-8-9-13(11-14(12)17)16(21)18-10-6-4-2-3-5-7-15(19)20/h8-9,11H,2-7,10H2,1H3,(H,18,21)(H,19,20). The molecule has 0 atom stereocenters. The fourth-order valence-electron chi connectivity index (χ4n) is 1.97. The number of carbonyl (C=O) groups is 2. The molecule has 1 rings (SSSR count). The van der Waals surface area contributed by atoms with E-state index in [0.717, 1.165) is 25.7 Å². The van der Waals surface area contributed by atoms with Gasteiger partial charge in [-0.2, -0.15) is 0 Å². The highest BCUT2D eigenvalue weighted by molar-refractivity contribution is 5.94. The van der Waals surface area contributed by atoms with E-state index >= 15 is 0 Å². The number of carbonyl (C=O) groups excluding carboxylic acids is 1. The van der Waals surface area contributed by atoms with Gasteiger partial charge in [-0.1, -0.05) is 25.3 Å². The van der Waals surface area contributed by atoms with Crippen LogP contribution in [0.3, 0.4) is 0 Å². The van der Waals surface area contributed by atoms with Crippen molar-refractivity contribution in [2.75, 3.05) is 6.54 Å². The van der Waals surface area contributed by atoms with E-state index in [1.165, 1.54) is 6.07 Å². The molecule has 116 valence electrons. The number of aliphatic carboxylic acids is 1. The smallest absolute Gasteiger partial charge is 0.303 e. The molecule has 0 bridgehead atoms. The van der Waals surface area contributed by atoms with Gasteiger partial charge in [-0.15, -0.1) is 0 Å². The van der Waals surface area contributed by atoms with Crippen molar-refractivity contribution < 1.29 is 19.1 Å². The fourth-order valence-corrected chi connectivity index (χ4v) is 1.97. The average molecular weight is 295 g/mol. The molecule has 5 heteroatoms. The van der Waals surface area contributed by atoms with Gasteiger partial charge < -0.3 is 10.4 Å². The molecule has 0 aliphatic rings. The van der Waals surface area contributed by atoms with Gasteiger partial charge in [-0.05, 0) is 37.5 Å². The van der Waals surface area contributed by atoms with Crippen molar-refractivity contribution in [3.8, 4) is 0 Å². The van der Waals surface area contributed by atoms with Gasteiger partial charge in [0.25, 0.3) is 5.91 Å². The third-order valence-corrected chi connectivity index (χ3v) is 3.29. The Morgan fingerprint density at radius 2 is 1.81 bits per heavy atom. The Hall–Kier alpha value is -1.91. The number of hydrogen-bond acceptors (Lipinski definition) is 2. The Morgan fingerprint density at radius 3 is 2.48 bits per heavy atom. The topological polar surface area (TPSA) is 66.4 Å². The summed E-state index contributed by atoms with van der Waals surface area (Å²) in [6.07, 6.45) is 4.56. The number of aryl methyl sites for hydroxylation is 1. The minimum Gasteiger partial charge on any atom is -0.481 e. The van der Waals surface area contributed by atoms with Crippen molar-refractivity contribution in [3.63, 3.8) is 0 Å². The quantitative estimate of drug-likeness (QED) is 0.687. The van der Waals surface area contributed by atoms with Crippen molar-refractivity contribution in [2.45, 2.75) is 45.4 Å². The molecule has 0 radical (unpaired) electrons. The molecule has 0 aliphatic carbocycles. The van der Waals surface area contributed by atoms with E-state index in [1.807, 2.05) is 0 Å². The zero-order valence-corrected chi connectivity index (χ0v) is 12.3. The van der Waals surface area contributed by atoms with Crippen LogP contribution in [0.1, 0.15) is 54.4 Å². The third kappa shape index (κ3) is 6.88. The van der Waals surface area contributed by atoms with E-state index in [1.54, 1.807) is 19.1 Å². The van der Waals surface area contributed by atoms with Gasteiger partial charge in [0.2, 0.25) is 0 Å². The summed E-state index contributed by atoms with van der Waals surface area (Å²) < 4.78 is 13.3. The van der Waals surface area contributed by atoms with Crippen LogP contribution in [-0.4, -0.2) is 23.5 Å². The van der Waals surface area contributed by atoms with Crippen LogP contribution in [0, 0.1) is 12.7 Å². The molecule has 0 fully saturated rings. The molecule has 0 saturated heterocycles. The number of hydrogen-bond donors (Lipinski definition) is 2. The molecule has 21 heavy (non-hydrogen) atoms. The van der Waals surface area contributed by atoms with Gasteiger partial charge in [0, 0.05) is 18.5 Å². The first-order chi connectivity index (χ1) is 10.0. The number of amides is 1. The number of unbranched alkanes of at least 4 members (excludes halogenated alkanes) is 4. The lowest BCUT2D eigenvalue weighted by Crippen LogP contribution is -2.24. The monoisotopic (exact) mass is 295 g/mol. The molecule has 1 aromatic carbocycles. The molecular weight excluding hydrogens is 273 g/mol. The summed E-state index contributed by atoms with van der Waals surface area (Å²) in [4.78, 5) is 22.1. The number of nitrogens with one attached hydrogen (secondary N) is 1. The molecule has 0 aliphatic heterocycles. The molecular formula is C16H22FNO3. The van der Waals surface area contributed by atoms with Crippen LogP contribution in [-0.2, 0) is 4.79 Å². The first-order valence-corrected chi connectivity index (χ1v) is 7.27. The Labute approximate surface area is 124 Å². The summed E-state index contributed by atoms with van der Waals surface area (Å²) in [7, 11) is 0. The van der Waals surface area contributed by atoms with Crippen LogP contribution < -0.4 is 5.32 Å². The van der Waals surface area contributed by atoms with Gasteiger partial charge in [-0.25, -0.2) is 4.39 Å². The van der Waals surface area contributed by atoms with Crippen LogP contribution in [0.2, 0.25) is 0 Å². The maximum atomic E-state index is 13.3. The Balaban J connectivity index is 2.13. The number of carboxylic acid groups (broad SMARTS) is 1. The maximum absolute atomic E-state index is 13.3. The summed E-state index contributed by atoms with van der Waals surface area (Å²) in [5, 5.41) is 11.2. The Kier molecular flexibility index (Phi) is 7.43. The van der Waals surface area contributed by atoms with Crippen LogP contribution in [0.15, 0.2) is 18.2 Å². The SMILES string of the molecule is Cc1ccc(C(=O)NCCCCCCCC(=O)O)cc1F. The second-order valence-corrected chi connectivity index (χ2v) is 5.13. The summed E-state index contributed by atoms with van der Waals surface area (Å²) >= 11 is 0. The molecule has 0 unspecified atom stereocenters. The largest absolute Gasteiger partial charge is 0.481 e. The van der Waals surface area contributed by atoms with Gasteiger partial charge in [0.15, 0.2) is 0 Å². The highest BCUT2D eigenvalue weighted by Crippen LogP contribution is 2.09. The highest BCUT2D eigenvalue weighted by atomic mass is 19.1. The van der Waals surface area contributed by atoms with Gasteiger partial charge >= 0.3 is 5.97 Å². The van der Waals surface area contributed by atoms with Crippen molar-refractivity contribution in [1.29, 1.82) is 0 Å². The normalized spacial score (nSPS) is 10.4. The van der Waals surface area contributed by atoms with Crippen LogP contribution in [0.5, 0.6) is 0 Å². The van der Waals surface area contributed by atoms with Gasteiger partial charge in [-0.3, -0.25) is 9.59 Å². The minimum absolute atomic E-state index is 0.218. The van der Waals surface area contributed by atoms with E-state index in [-0.39, 0.29) is 18.1 Å². The molecule has 0 spiro atoms. The number of benzene rings is 1. The Bertz CT molecular complexity index is 488. The molecule has 0 aromatic heterocycles. The fraction of sp³-hybridized carbons (Fsp3) is 0.500. The predicted molar refractivity (Wildman–Crippen MR) is 78.8 cm³/mol. The maximum Gasteiger partial charge on any atom is 0.303 e. The molecule has 2 N–H and O–H groups in total. The van der Waals surface area contributed by atoms with Crippen LogP contribution in [0.4, 0.5) is 4.39 Å². The van der Waals surface area contributed by atoms with Gasteiger partial charge in [0.05, 0.1) is 0 Å². The van der Waals surface area contributed by atoms with Crippen LogP contribution >= 0.6 is 0 Å². The molecule has 1 aromatic rings. The lowest BCUT2D eigenvalue weighted by atomic mass is 10.1. The molecule has 0 heterocycles. The number of carboxylic acids is 1. The van der Waals surface area contributed by atoms with Gasteiger partial charge in [0.1, 0.15) is 5.82 Å². The zero-order valence-electron chi connectivity index (χ0n) is 12.3. The van der Waals surface area contributed by atoms with E-state index < -0.39 is 5.97 Å². The average Bonchev–Trinajstić information content (AvgIpc) is 2.44. The number of rotatable bonds is 9. The summed E-state index contributed by atoms with van der Waals surface area (Å²) in [6, 6.07) is 4.45. The predicted octanol–water partition coefficient (Wildman–Crippen LogP) is 3.29. The van der Waals surface area contributed by atoms with E-state index in [4.69, 9.17) is 5.11 Å². The minimum atomic E-state index is -0.757. The molecule has 4 nitrogen and oxygen atoms in total. The summed E-state index contributed by atoms with van der Waals surface area (Å²) in [6.45, 7) is 2.20. The zero-order chi connectivity index (χ0) is 15.7. The van der Waals surface area contributed by atoms with E-state index in [2.05, 4.69) is 5.32 Å². The summed E-state index contributed by atoms with van der Waals surface area (Å²) in [5.41, 5.74) is 0.854. The first-order valence-electron chi connectivity index (χ1n) is 7.27. The van der Waals surface area contributed by atoms with Crippen molar-refractivity contribution in [2.24, 2.45) is 0 Å². The second kappa shape index (κ2) is 9.10. The van der Waals surface area contributed by atoms with E-state index in [0.29, 0.717) is 24.1 Å². The van der Waals surface area contributed by atoms with Crippen molar-refractivity contribution in [1.82, 2.24) is 5.32 Å². The lowest BCUT2D eigenvalue weighted by molar-refractivity contribution is -0.137. The highest BCUT2D eigenvalue weighted by Gasteiger charge is 2.07.